The third-order valence-electron chi connectivity index (χ3n) is 6.57. The van der Waals surface area contributed by atoms with E-state index in [2.05, 4.69) is 27.3 Å². The summed E-state index contributed by atoms with van der Waals surface area (Å²) < 4.78 is 0. The van der Waals surface area contributed by atoms with Crippen molar-refractivity contribution in [1.82, 2.24) is 19.8 Å². The van der Waals surface area contributed by atoms with E-state index in [0.29, 0.717) is 18.5 Å². The molecule has 6 nitrogen and oxygen atoms in total. The van der Waals surface area contributed by atoms with E-state index in [1.807, 2.05) is 36.2 Å². The number of hydrogen-bond acceptors (Lipinski definition) is 5. The van der Waals surface area contributed by atoms with Crippen LogP contribution in [0, 0.1) is 0 Å². The molecule has 2 aromatic rings. The zero-order chi connectivity index (χ0) is 20.8. The van der Waals surface area contributed by atoms with Gasteiger partial charge in [0.2, 0.25) is 5.91 Å². The maximum Gasteiger partial charge on any atom is 0.236 e. The fourth-order valence-corrected chi connectivity index (χ4v) is 4.68. The van der Waals surface area contributed by atoms with Gasteiger partial charge in [-0.1, -0.05) is 31.4 Å². The van der Waals surface area contributed by atoms with Crippen molar-refractivity contribution in [2.45, 2.75) is 56.9 Å². The summed E-state index contributed by atoms with van der Waals surface area (Å²) in [7, 11) is 2.00. The van der Waals surface area contributed by atoms with Crippen molar-refractivity contribution in [1.29, 1.82) is 0 Å². The van der Waals surface area contributed by atoms with E-state index in [1.165, 1.54) is 32.1 Å². The van der Waals surface area contributed by atoms with Crippen molar-refractivity contribution in [3.8, 4) is 0 Å². The Balaban J connectivity index is 1.28. The van der Waals surface area contributed by atoms with Crippen molar-refractivity contribution < 1.29 is 4.79 Å². The number of amides is 1. The van der Waals surface area contributed by atoms with Gasteiger partial charge in [0.25, 0.3) is 0 Å². The molecule has 1 amide bonds. The minimum atomic E-state index is 0.278. The van der Waals surface area contributed by atoms with Crippen LogP contribution in [0.2, 0.25) is 0 Å². The molecule has 3 heterocycles. The van der Waals surface area contributed by atoms with Crippen LogP contribution in [0.5, 0.6) is 0 Å². The molecule has 0 spiro atoms. The lowest BCUT2D eigenvalue weighted by atomic mass is 9.92. The minimum absolute atomic E-state index is 0.278. The second-order valence-electron chi connectivity index (χ2n) is 8.63. The van der Waals surface area contributed by atoms with Crippen molar-refractivity contribution in [2.24, 2.45) is 0 Å². The smallest absolute Gasteiger partial charge is 0.236 e. The van der Waals surface area contributed by atoms with Crippen LogP contribution in [0.3, 0.4) is 0 Å². The number of pyridine rings is 2. The minimum Gasteiger partial charge on any atom is -0.342 e. The van der Waals surface area contributed by atoms with Crippen LogP contribution in [0.1, 0.15) is 56.6 Å². The van der Waals surface area contributed by atoms with E-state index in [9.17, 15) is 4.79 Å². The number of likely N-dealkylation sites (tertiary alicyclic amines) is 1. The number of carbonyl (C=O) groups excluding carboxylic acids is 1. The van der Waals surface area contributed by atoms with Gasteiger partial charge >= 0.3 is 0 Å². The molecule has 0 unspecified atom stereocenters. The van der Waals surface area contributed by atoms with Crippen molar-refractivity contribution in [3.63, 3.8) is 0 Å². The summed E-state index contributed by atoms with van der Waals surface area (Å²) in [4.78, 5) is 26.2. The lowest BCUT2D eigenvalue weighted by Crippen LogP contribution is -2.45. The molecular formula is C24H33N5O. The molecule has 2 fully saturated rings. The van der Waals surface area contributed by atoms with E-state index < -0.39 is 0 Å². The number of anilines is 2. The molecule has 2 aliphatic rings. The van der Waals surface area contributed by atoms with Crippen molar-refractivity contribution in [2.75, 3.05) is 32.0 Å². The average molecular weight is 408 g/mol. The molecule has 4 rings (SSSR count). The Kier molecular flexibility index (Phi) is 6.95. The highest BCUT2D eigenvalue weighted by Crippen LogP contribution is 2.28. The summed E-state index contributed by atoms with van der Waals surface area (Å²) >= 11 is 0. The molecular weight excluding hydrogens is 374 g/mol. The zero-order valence-electron chi connectivity index (χ0n) is 18.0. The third-order valence-corrected chi connectivity index (χ3v) is 6.57. The number of rotatable bonds is 6. The summed E-state index contributed by atoms with van der Waals surface area (Å²) in [5.74, 6) is 2.36. The normalized spacial score (nSPS) is 18.8. The molecule has 1 saturated carbocycles. The van der Waals surface area contributed by atoms with Gasteiger partial charge in [0.1, 0.15) is 11.6 Å². The highest BCUT2D eigenvalue weighted by atomic mass is 16.2. The fourth-order valence-electron chi connectivity index (χ4n) is 4.68. The molecule has 0 aromatic carbocycles. The van der Waals surface area contributed by atoms with Crippen LogP contribution < -0.4 is 5.32 Å². The Hall–Kier alpha value is -2.47. The van der Waals surface area contributed by atoms with Gasteiger partial charge in [-0.2, -0.15) is 0 Å². The van der Waals surface area contributed by atoms with Crippen LogP contribution in [0.4, 0.5) is 11.6 Å². The second kappa shape index (κ2) is 10.0. The summed E-state index contributed by atoms with van der Waals surface area (Å²) in [6.45, 7) is 2.46. The molecule has 1 aliphatic heterocycles. The number of hydrogen-bond donors (Lipinski definition) is 1. The maximum atomic E-state index is 12.7. The first-order valence-corrected chi connectivity index (χ1v) is 11.3. The van der Waals surface area contributed by atoms with Gasteiger partial charge in [-0.05, 0) is 63.0 Å². The second-order valence-corrected chi connectivity index (χ2v) is 8.63. The Morgan fingerprint density at radius 1 is 1.03 bits per heavy atom. The topological polar surface area (TPSA) is 61.4 Å². The molecule has 1 aliphatic carbocycles. The standard InChI is InChI=1S/C24H33N5O/c1-28(20-8-3-2-4-9-20)24(30)18-29-16-13-19(14-17-29)21-10-7-12-23(26-21)27-22-11-5-6-15-25-22/h5-7,10-12,15,19-20H,2-4,8-9,13-14,16-18H2,1H3,(H,25,26,27). The predicted molar refractivity (Wildman–Crippen MR) is 120 cm³/mol. The van der Waals surface area contributed by atoms with Crippen molar-refractivity contribution >= 4 is 17.5 Å². The van der Waals surface area contributed by atoms with Gasteiger partial charge in [0, 0.05) is 30.9 Å². The van der Waals surface area contributed by atoms with Crippen molar-refractivity contribution in [3.05, 3.63) is 48.3 Å². The van der Waals surface area contributed by atoms with E-state index in [4.69, 9.17) is 4.98 Å². The van der Waals surface area contributed by atoms with Crippen LogP contribution >= 0.6 is 0 Å². The summed E-state index contributed by atoms with van der Waals surface area (Å²) in [6, 6.07) is 12.4. The molecule has 1 saturated heterocycles. The summed E-state index contributed by atoms with van der Waals surface area (Å²) in [6.07, 6.45) is 10.0. The van der Waals surface area contributed by atoms with Crippen LogP contribution in [0.25, 0.3) is 0 Å². The van der Waals surface area contributed by atoms with Crippen LogP contribution in [0.15, 0.2) is 42.6 Å². The van der Waals surface area contributed by atoms with Gasteiger partial charge in [-0.3, -0.25) is 9.69 Å². The van der Waals surface area contributed by atoms with Gasteiger partial charge < -0.3 is 10.2 Å². The third kappa shape index (κ3) is 5.36. The highest BCUT2D eigenvalue weighted by molar-refractivity contribution is 5.78. The first-order chi connectivity index (χ1) is 14.7. The Morgan fingerprint density at radius 2 is 1.80 bits per heavy atom. The van der Waals surface area contributed by atoms with Gasteiger partial charge in [0.15, 0.2) is 0 Å². The van der Waals surface area contributed by atoms with Gasteiger partial charge in [-0.15, -0.1) is 0 Å². The molecule has 0 atom stereocenters. The number of piperidine rings is 1. The number of carbonyl (C=O) groups is 1. The molecule has 0 bridgehead atoms. The quantitative estimate of drug-likeness (QED) is 0.778. The Labute approximate surface area is 179 Å². The first-order valence-electron chi connectivity index (χ1n) is 11.3. The van der Waals surface area contributed by atoms with Crippen LogP contribution in [-0.4, -0.2) is 58.4 Å². The monoisotopic (exact) mass is 407 g/mol. The predicted octanol–water partition coefficient (Wildman–Crippen LogP) is 4.19. The number of nitrogens with one attached hydrogen (secondary N) is 1. The Morgan fingerprint density at radius 3 is 2.53 bits per heavy atom. The first kappa shape index (κ1) is 20.8. The van der Waals surface area contributed by atoms with E-state index in [-0.39, 0.29) is 5.91 Å². The highest BCUT2D eigenvalue weighted by Gasteiger charge is 2.26. The number of aromatic nitrogens is 2. The van der Waals surface area contributed by atoms with E-state index in [0.717, 1.165) is 43.3 Å². The average Bonchev–Trinajstić information content (AvgIpc) is 2.80. The fraction of sp³-hybridized carbons (Fsp3) is 0.542. The summed E-state index contributed by atoms with van der Waals surface area (Å²) in [5, 5.41) is 3.28. The number of likely N-dealkylation sites (N-methyl/N-ethyl adjacent to an activating group) is 1. The van der Waals surface area contributed by atoms with Gasteiger partial charge in [0.05, 0.1) is 6.54 Å². The van der Waals surface area contributed by atoms with Crippen LogP contribution in [-0.2, 0) is 4.79 Å². The molecule has 2 aromatic heterocycles. The molecule has 6 heteroatoms. The SMILES string of the molecule is CN(C(=O)CN1CCC(c2cccc(Nc3ccccn3)n2)CC1)C1CCCCC1. The largest absolute Gasteiger partial charge is 0.342 e. The molecule has 0 radical (unpaired) electrons. The maximum absolute atomic E-state index is 12.7. The summed E-state index contributed by atoms with van der Waals surface area (Å²) in [5.41, 5.74) is 1.13. The van der Waals surface area contributed by atoms with E-state index >= 15 is 0 Å². The number of nitrogens with zero attached hydrogens (tertiary/aromatic N) is 4. The molecule has 1 N–H and O–H groups in total. The molecule has 30 heavy (non-hydrogen) atoms. The van der Waals surface area contributed by atoms with Gasteiger partial charge in [-0.25, -0.2) is 9.97 Å². The molecule has 160 valence electrons. The lowest BCUT2D eigenvalue weighted by Gasteiger charge is -2.35. The Bertz CT molecular complexity index is 813. The lowest BCUT2D eigenvalue weighted by molar-refractivity contribution is -0.134. The zero-order valence-corrected chi connectivity index (χ0v) is 18.0. The van der Waals surface area contributed by atoms with E-state index in [1.54, 1.807) is 6.20 Å².